The number of ether oxygens (including phenoxy) is 1. The lowest BCUT2D eigenvalue weighted by atomic mass is 9.95. The highest BCUT2D eigenvalue weighted by molar-refractivity contribution is 8.00. The van der Waals surface area contributed by atoms with Crippen molar-refractivity contribution in [3.8, 4) is 5.75 Å². The van der Waals surface area contributed by atoms with Gasteiger partial charge in [-0.3, -0.25) is 14.5 Å². The van der Waals surface area contributed by atoms with Gasteiger partial charge in [-0.05, 0) is 47.5 Å². The van der Waals surface area contributed by atoms with E-state index in [9.17, 15) is 14.7 Å². The van der Waals surface area contributed by atoms with Gasteiger partial charge in [0.2, 0.25) is 5.13 Å². The SMILES string of the molecule is COc1ccc(/C(O)=C2/C(=O)C(=O)N(c3nnc(SCc4ccccc4)s3)C2c2ccc(Cl)cc2)cc1. The predicted molar refractivity (Wildman–Crippen MR) is 145 cm³/mol. The lowest BCUT2D eigenvalue weighted by Gasteiger charge is -2.22. The molecule has 5 rings (SSSR count). The van der Waals surface area contributed by atoms with Gasteiger partial charge in [-0.2, -0.15) is 0 Å². The first kappa shape index (κ1) is 25.0. The highest BCUT2D eigenvalue weighted by Gasteiger charge is 2.48. The Morgan fingerprint density at radius 1 is 1.03 bits per heavy atom. The summed E-state index contributed by atoms with van der Waals surface area (Å²) in [6, 6.07) is 22.4. The van der Waals surface area contributed by atoms with Crippen LogP contribution in [0.4, 0.5) is 5.13 Å². The molecular formula is C27H20ClN3O4S2. The van der Waals surface area contributed by atoms with Crippen molar-refractivity contribution in [3.05, 3.63) is 106 Å². The molecule has 1 fully saturated rings. The first-order chi connectivity index (χ1) is 18.0. The van der Waals surface area contributed by atoms with E-state index >= 15 is 0 Å². The molecule has 1 aromatic heterocycles. The Kier molecular flexibility index (Phi) is 7.27. The van der Waals surface area contributed by atoms with Crippen molar-refractivity contribution in [3.63, 3.8) is 0 Å². The molecule has 7 nitrogen and oxygen atoms in total. The summed E-state index contributed by atoms with van der Waals surface area (Å²) in [6.07, 6.45) is 0. The molecule has 0 bridgehead atoms. The van der Waals surface area contributed by atoms with E-state index in [4.69, 9.17) is 16.3 Å². The van der Waals surface area contributed by atoms with Crippen LogP contribution < -0.4 is 9.64 Å². The van der Waals surface area contributed by atoms with E-state index in [1.807, 2.05) is 30.3 Å². The number of methoxy groups -OCH3 is 1. The molecule has 1 N–H and O–H groups in total. The summed E-state index contributed by atoms with van der Waals surface area (Å²) < 4.78 is 5.84. The third kappa shape index (κ3) is 5.11. The number of halogens is 1. The van der Waals surface area contributed by atoms with Gasteiger partial charge in [0.25, 0.3) is 5.78 Å². The van der Waals surface area contributed by atoms with E-state index in [-0.39, 0.29) is 16.5 Å². The Labute approximate surface area is 226 Å². The van der Waals surface area contributed by atoms with Crippen molar-refractivity contribution < 1.29 is 19.4 Å². The van der Waals surface area contributed by atoms with Crippen molar-refractivity contribution in [2.24, 2.45) is 0 Å². The molecule has 0 saturated carbocycles. The second kappa shape index (κ2) is 10.8. The molecule has 2 heterocycles. The number of amides is 1. The minimum Gasteiger partial charge on any atom is -0.507 e. The van der Waals surface area contributed by atoms with E-state index in [0.717, 1.165) is 5.56 Å². The van der Waals surface area contributed by atoms with Crippen LogP contribution in [-0.4, -0.2) is 34.1 Å². The van der Waals surface area contributed by atoms with Crippen molar-refractivity contribution in [1.29, 1.82) is 0 Å². The number of aliphatic hydroxyl groups is 1. The van der Waals surface area contributed by atoms with Gasteiger partial charge in [-0.25, -0.2) is 0 Å². The van der Waals surface area contributed by atoms with E-state index in [1.54, 1.807) is 48.5 Å². The normalized spacial score (nSPS) is 16.8. The number of carbonyl (C=O) groups is 2. The summed E-state index contributed by atoms with van der Waals surface area (Å²) >= 11 is 8.81. The van der Waals surface area contributed by atoms with Crippen LogP contribution >= 0.6 is 34.7 Å². The quantitative estimate of drug-likeness (QED) is 0.0976. The van der Waals surface area contributed by atoms with Crippen LogP contribution in [0.3, 0.4) is 0 Å². The van der Waals surface area contributed by atoms with Gasteiger partial charge >= 0.3 is 5.91 Å². The number of aliphatic hydroxyl groups excluding tert-OH is 1. The first-order valence-corrected chi connectivity index (χ1v) is 13.4. The van der Waals surface area contributed by atoms with E-state index in [0.29, 0.717) is 32.0 Å². The summed E-state index contributed by atoms with van der Waals surface area (Å²) in [5.41, 5.74) is 2.08. The van der Waals surface area contributed by atoms with Crippen molar-refractivity contribution in [2.45, 2.75) is 16.1 Å². The van der Waals surface area contributed by atoms with E-state index in [2.05, 4.69) is 10.2 Å². The molecule has 1 unspecified atom stereocenters. The van der Waals surface area contributed by atoms with Crippen molar-refractivity contribution in [2.75, 3.05) is 12.0 Å². The molecule has 1 amide bonds. The number of hydrogen-bond donors (Lipinski definition) is 1. The van der Waals surface area contributed by atoms with Crippen molar-refractivity contribution >= 4 is 57.3 Å². The third-order valence-electron chi connectivity index (χ3n) is 5.80. The van der Waals surface area contributed by atoms with Gasteiger partial charge < -0.3 is 9.84 Å². The Morgan fingerprint density at radius 3 is 2.41 bits per heavy atom. The number of rotatable bonds is 7. The summed E-state index contributed by atoms with van der Waals surface area (Å²) in [5.74, 6) is -0.591. The average Bonchev–Trinajstić information content (AvgIpc) is 3.50. The minimum absolute atomic E-state index is 0.0359. The van der Waals surface area contributed by atoms with Crippen LogP contribution in [0.2, 0.25) is 5.02 Å². The molecule has 4 aromatic rings. The number of anilines is 1. The van der Waals surface area contributed by atoms with Crippen molar-refractivity contribution in [1.82, 2.24) is 10.2 Å². The lowest BCUT2D eigenvalue weighted by molar-refractivity contribution is -0.132. The fraction of sp³-hybridized carbons (Fsp3) is 0.111. The fourth-order valence-electron chi connectivity index (χ4n) is 3.97. The zero-order chi connectivity index (χ0) is 25.9. The van der Waals surface area contributed by atoms with Gasteiger partial charge in [-0.15, -0.1) is 10.2 Å². The molecule has 1 atom stereocenters. The molecule has 1 aliphatic rings. The Bertz CT molecular complexity index is 1470. The predicted octanol–water partition coefficient (Wildman–Crippen LogP) is 6.12. The molecule has 0 aliphatic carbocycles. The number of ketones is 1. The fourth-order valence-corrected chi connectivity index (χ4v) is 5.92. The molecule has 37 heavy (non-hydrogen) atoms. The minimum atomic E-state index is -0.903. The Hall–Kier alpha value is -3.66. The molecule has 0 radical (unpaired) electrons. The Morgan fingerprint density at radius 2 is 1.73 bits per heavy atom. The lowest BCUT2D eigenvalue weighted by Crippen LogP contribution is -2.29. The van der Waals surface area contributed by atoms with E-state index < -0.39 is 17.7 Å². The molecule has 186 valence electrons. The van der Waals surface area contributed by atoms with Crippen LogP contribution in [0.25, 0.3) is 5.76 Å². The monoisotopic (exact) mass is 549 g/mol. The number of benzene rings is 3. The number of carbonyl (C=O) groups excluding carboxylic acids is 2. The van der Waals surface area contributed by atoms with Gasteiger partial charge in [0.15, 0.2) is 4.34 Å². The van der Waals surface area contributed by atoms with Gasteiger partial charge in [0.05, 0.1) is 18.7 Å². The second-order valence-corrected chi connectivity index (χ2v) is 10.7. The molecule has 1 aliphatic heterocycles. The van der Waals surface area contributed by atoms with Crippen LogP contribution in [0.5, 0.6) is 5.75 Å². The molecular weight excluding hydrogens is 530 g/mol. The largest absolute Gasteiger partial charge is 0.507 e. The molecule has 10 heteroatoms. The van der Waals surface area contributed by atoms with Gasteiger partial charge in [0, 0.05) is 16.3 Å². The smallest absolute Gasteiger partial charge is 0.301 e. The third-order valence-corrected chi connectivity index (χ3v) is 8.18. The first-order valence-electron chi connectivity index (χ1n) is 11.2. The zero-order valence-corrected chi connectivity index (χ0v) is 21.9. The number of hydrogen-bond acceptors (Lipinski definition) is 8. The maximum absolute atomic E-state index is 13.3. The number of Topliss-reactive ketones (excluding diaryl/α,β-unsaturated/α-hetero) is 1. The maximum Gasteiger partial charge on any atom is 0.301 e. The highest BCUT2D eigenvalue weighted by Crippen LogP contribution is 2.44. The summed E-state index contributed by atoms with van der Waals surface area (Å²) in [7, 11) is 1.54. The standard InChI is InChI=1S/C27H20ClN3O4S2/c1-35-20-13-9-18(10-14-20)23(32)21-22(17-7-11-19(28)12-8-17)31(25(34)24(21)33)26-29-30-27(37-26)36-15-16-5-3-2-4-6-16/h2-14,22,32H,15H2,1H3/b23-21-. The van der Waals surface area contributed by atoms with Gasteiger partial charge in [-0.1, -0.05) is 77.2 Å². The van der Waals surface area contributed by atoms with Crippen LogP contribution in [0, 0.1) is 0 Å². The molecule has 3 aromatic carbocycles. The highest BCUT2D eigenvalue weighted by atomic mass is 35.5. The second-order valence-electron chi connectivity index (χ2n) is 8.07. The molecule has 1 saturated heterocycles. The van der Waals surface area contributed by atoms with Crippen LogP contribution in [0.1, 0.15) is 22.7 Å². The zero-order valence-electron chi connectivity index (χ0n) is 19.5. The topological polar surface area (TPSA) is 92.6 Å². The van der Waals surface area contributed by atoms with Gasteiger partial charge in [0.1, 0.15) is 11.5 Å². The average molecular weight is 550 g/mol. The maximum atomic E-state index is 13.3. The van der Waals surface area contributed by atoms with E-state index in [1.165, 1.54) is 35.1 Å². The summed E-state index contributed by atoms with van der Waals surface area (Å²) in [4.78, 5) is 27.9. The van der Waals surface area contributed by atoms with Crippen LogP contribution in [0.15, 0.2) is 88.8 Å². The molecule has 0 spiro atoms. The summed E-state index contributed by atoms with van der Waals surface area (Å²) in [6.45, 7) is 0. The van der Waals surface area contributed by atoms with Crippen LogP contribution in [-0.2, 0) is 15.3 Å². The Balaban J connectivity index is 1.54. The number of aromatic nitrogens is 2. The summed E-state index contributed by atoms with van der Waals surface area (Å²) in [5, 5.41) is 20.5. The number of nitrogens with zero attached hydrogens (tertiary/aromatic N) is 3. The number of thioether (sulfide) groups is 1.